The van der Waals surface area contributed by atoms with Crippen molar-refractivity contribution in [2.45, 2.75) is 30.0 Å². The SMILES string of the molecule is N=C(N)NOCCCOc1ccc(C[C@H](NS(=O)(=O)c2ccc(Oc3c(Cl)cccc3[N+](=O)[O-])cc2)C(=O)OC(=O)C(F)(F)F)cc1. The zero-order valence-corrected chi connectivity index (χ0v) is 25.4. The highest BCUT2D eigenvalue weighted by Crippen LogP contribution is 2.38. The summed E-state index contributed by atoms with van der Waals surface area (Å²) in [6, 6.07) is 11.8. The third-order valence-corrected chi connectivity index (χ3v) is 7.49. The molecule has 0 bridgehead atoms. The van der Waals surface area contributed by atoms with Crippen LogP contribution in [-0.2, 0) is 35.6 Å². The van der Waals surface area contributed by atoms with Gasteiger partial charge in [0, 0.05) is 12.5 Å². The topological polar surface area (TPSA) is 222 Å². The first-order valence-corrected chi connectivity index (χ1v) is 14.9. The van der Waals surface area contributed by atoms with Gasteiger partial charge in [-0.05, 0) is 54.4 Å². The lowest BCUT2D eigenvalue weighted by Gasteiger charge is -2.18. The van der Waals surface area contributed by atoms with Crippen LogP contribution in [0.2, 0.25) is 5.02 Å². The monoisotopic (exact) mass is 703 g/mol. The molecular formula is C27H25ClF3N5O10S. The lowest BCUT2D eigenvalue weighted by molar-refractivity contribution is -0.385. The van der Waals surface area contributed by atoms with Gasteiger partial charge < -0.3 is 19.9 Å². The molecule has 0 heterocycles. The van der Waals surface area contributed by atoms with E-state index in [1.165, 1.54) is 36.4 Å². The molecule has 0 fully saturated rings. The van der Waals surface area contributed by atoms with Crippen LogP contribution < -0.4 is 25.4 Å². The molecule has 15 nitrogen and oxygen atoms in total. The molecule has 47 heavy (non-hydrogen) atoms. The molecule has 0 aliphatic heterocycles. The summed E-state index contributed by atoms with van der Waals surface area (Å²) in [7, 11) is -4.64. The van der Waals surface area contributed by atoms with Crippen LogP contribution in [0.1, 0.15) is 12.0 Å². The molecule has 0 aromatic heterocycles. The van der Waals surface area contributed by atoms with Crippen LogP contribution in [0, 0.1) is 15.5 Å². The fourth-order valence-electron chi connectivity index (χ4n) is 3.60. The Balaban J connectivity index is 1.75. The highest BCUT2D eigenvalue weighted by atomic mass is 35.5. The summed E-state index contributed by atoms with van der Waals surface area (Å²) in [5.41, 5.74) is 7.01. The van der Waals surface area contributed by atoms with E-state index >= 15 is 0 Å². The molecule has 3 aromatic carbocycles. The van der Waals surface area contributed by atoms with E-state index in [-0.39, 0.29) is 41.3 Å². The quantitative estimate of drug-likeness (QED) is 0.0338. The number of hydrogen-bond donors (Lipinski definition) is 4. The third-order valence-electron chi connectivity index (χ3n) is 5.71. The van der Waals surface area contributed by atoms with Crippen LogP contribution in [0.4, 0.5) is 18.9 Å². The van der Waals surface area contributed by atoms with Crippen molar-refractivity contribution in [1.29, 1.82) is 5.41 Å². The second-order valence-electron chi connectivity index (χ2n) is 9.21. The maximum absolute atomic E-state index is 13.1. The molecule has 3 aromatic rings. The molecule has 0 saturated carbocycles. The number of rotatable bonds is 15. The molecule has 0 aliphatic rings. The molecule has 252 valence electrons. The van der Waals surface area contributed by atoms with Gasteiger partial charge in [0.1, 0.15) is 17.5 Å². The number of hydrogen-bond acceptors (Lipinski definition) is 11. The lowest BCUT2D eigenvalue weighted by Crippen LogP contribution is -2.45. The molecule has 0 aliphatic carbocycles. The number of nitrogens with one attached hydrogen (secondary N) is 3. The average Bonchev–Trinajstić information content (AvgIpc) is 2.99. The largest absolute Gasteiger partial charge is 0.494 e. The highest BCUT2D eigenvalue weighted by Gasteiger charge is 2.44. The molecule has 5 N–H and O–H groups in total. The van der Waals surface area contributed by atoms with Crippen LogP contribution >= 0.6 is 11.6 Å². The molecule has 0 unspecified atom stereocenters. The normalized spacial score (nSPS) is 12.1. The van der Waals surface area contributed by atoms with Crippen LogP contribution in [0.15, 0.2) is 71.6 Å². The van der Waals surface area contributed by atoms with Crippen molar-refractivity contribution in [2.24, 2.45) is 5.73 Å². The zero-order valence-electron chi connectivity index (χ0n) is 23.8. The number of ether oxygens (including phenoxy) is 3. The van der Waals surface area contributed by atoms with E-state index in [2.05, 4.69) is 10.2 Å². The standard InChI is InChI=1S/C27H25ClF3N5O10S/c28-20-3-1-4-22(36(39)40)23(20)45-18-9-11-19(12-10-18)47(41,42)35-21(24(37)46-25(38)27(29,30)31)15-16-5-7-17(8-6-16)43-13-2-14-44-34-26(32)33/h1,3-12,21,35H,2,13-15H2,(H4,32,33,34)/t21-/m0/s1. The molecular weight excluding hydrogens is 679 g/mol. The predicted octanol–water partition coefficient (Wildman–Crippen LogP) is 3.75. The summed E-state index contributed by atoms with van der Waals surface area (Å²) in [6.45, 7) is 0.351. The Hall–Kier alpha value is -4.98. The predicted molar refractivity (Wildman–Crippen MR) is 157 cm³/mol. The molecule has 0 spiro atoms. The van der Waals surface area contributed by atoms with Gasteiger partial charge in [0.05, 0.1) is 28.1 Å². The summed E-state index contributed by atoms with van der Waals surface area (Å²) in [6.07, 6.45) is -5.67. The smallest absolute Gasteiger partial charge is 0.491 e. The maximum atomic E-state index is 13.1. The van der Waals surface area contributed by atoms with Crippen molar-refractivity contribution in [1.82, 2.24) is 10.2 Å². The molecule has 1 atom stereocenters. The van der Waals surface area contributed by atoms with E-state index in [1.807, 2.05) is 4.72 Å². The van der Waals surface area contributed by atoms with E-state index in [1.54, 1.807) is 0 Å². The van der Waals surface area contributed by atoms with Gasteiger partial charge in [-0.15, -0.1) is 0 Å². The fraction of sp³-hybridized carbons (Fsp3) is 0.222. The van der Waals surface area contributed by atoms with Crippen molar-refractivity contribution < 1.29 is 55.1 Å². The summed E-state index contributed by atoms with van der Waals surface area (Å²) in [5.74, 6) is -5.05. The minimum Gasteiger partial charge on any atom is -0.494 e. The summed E-state index contributed by atoms with van der Waals surface area (Å²) in [4.78, 5) is 38.9. The minimum absolute atomic E-state index is 0.0607. The van der Waals surface area contributed by atoms with Crippen LogP contribution in [0.3, 0.4) is 0 Å². The first-order valence-electron chi connectivity index (χ1n) is 13.1. The van der Waals surface area contributed by atoms with Gasteiger partial charge in [-0.3, -0.25) is 20.4 Å². The number of sulfonamides is 1. The van der Waals surface area contributed by atoms with E-state index in [9.17, 15) is 41.3 Å². The van der Waals surface area contributed by atoms with Crippen LogP contribution in [-0.4, -0.2) is 56.7 Å². The Morgan fingerprint density at radius 1 is 1.02 bits per heavy atom. The first-order chi connectivity index (χ1) is 22.1. The van der Waals surface area contributed by atoms with E-state index in [0.717, 1.165) is 30.3 Å². The Bertz CT molecular complexity index is 1710. The highest BCUT2D eigenvalue weighted by molar-refractivity contribution is 7.89. The third kappa shape index (κ3) is 11.1. The van der Waals surface area contributed by atoms with Crippen LogP contribution in [0.5, 0.6) is 17.2 Å². The van der Waals surface area contributed by atoms with Gasteiger partial charge in [0.25, 0.3) is 0 Å². The second kappa shape index (κ2) is 16.0. The Kier molecular flexibility index (Phi) is 12.4. The van der Waals surface area contributed by atoms with Crippen molar-refractivity contribution in [2.75, 3.05) is 13.2 Å². The number of nitrogens with two attached hydrogens (primary N) is 1. The number of carbonyl (C=O) groups excluding carboxylic acids is 2. The van der Waals surface area contributed by atoms with E-state index in [0.29, 0.717) is 12.2 Å². The number of carbonyl (C=O) groups is 2. The number of hydroxylamine groups is 1. The Labute approximate surface area is 269 Å². The van der Waals surface area contributed by atoms with Gasteiger partial charge in [-0.2, -0.15) is 17.9 Å². The summed E-state index contributed by atoms with van der Waals surface area (Å²) in [5, 5.41) is 18.2. The number of nitro benzene ring substituents is 1. The number of para-hydroxylation sites is 1. The average molecular weight is 704 g/mol. The lowest BCUT2D eigenvalue weighted by atomic mass is 10.1. The van der Waals surface area contributed by atoms with Crippen molar-refractivity contribution in [3.05, 3.63) is 87.4 Å². The summed E-state index contributed by atoms with van der Waals surface area (Å²) >= 11 is 6.00. The number of nitrogens with zero attached hydrogens (tertiary/aromatic N) is 1. The number of benzene rings is 3. The zero-order chi connectivity index (χ0) is 34.8. The number of alkyl halides is 3. The number of halogens is 4. The molecule has 0 radical (unpaired) electrons. The fourth-order valence-corrected chi connectivity index (χ4v) is 5.00. The van der Waals surface area contributed by atoms with Crippen molar-refractivity contribution in [3.8, 4) is 17.2 Å². The number of esters is 2. The van der Waals surface area contributed by atoms with Crippen LogP contribution in [0.25, 0.3) is 0 Å². The van der Waals surface area contributed by atoms with Gasteiger partial charge >= 0.3 is 23.8 Å². The van der Waals surface area contributed by atoms with Gasteiger partial charge in [0.15, 0.2) is 0 Å². The minimum atomic E-state index is -5.53. The summed E-state index contributed by atoms with van der Waals surface area (Å²) < 4.78 is 81.4. The first kappa shape index (κ1) is 36.5. The molecule has 0 saturated heterocycles. The molecule has 20 heteroatoms. The second-order valence-corrected chi connectivity index (χ2v) is 11.3. The van der Waals surface area contributed by atoms with E-state index in [4.69, 9.17) is 37.1 Å². The number of nitro groups is 1. The van der Waals surface area contributed by atoms with Crippen molar-refractivity contribution >= 4 is 45.2 Å². The Morgan fingerprint density at radius 2 is 1.66 bits per heavy atom. The molecule has 3 rings (SSSR count). The van der Waals surface area contributed by atoms with Gasteiger partial charge in [-0.1, -0.05) is 29.8 Å². The molecule has 0 amide bonds. The van der Waals surface area contributed by atoms with Gasteiger partial charge in [0.2, 0.25) is 21.7 Å². The van der Waals surface area contributed by atoms with Crippen molar-refractivity contribution in [3.63, 3.8) is 0 Å². The number of guanidine groups is 1. The maximum Gasteiger partial charge on any atom is 0.491 e. The van der Waals surface area contributed by atoms with Gasteiger partial charge in [-0.25, -0.2) is 23.5 Å². The Morgan fingerprint density at radius 3 is 2.26 bits per heavy atom. The van der Waals surface area contributed by atoms with E-state index < -0.39 is 56.1 Å².